The Kier molecular flexibility index (Phi) is 6.79. The monoisotopic (exact) mass is 331 g/mol. The Labute approximate surface area is 144 Å². The van der Waals surface area contributed by atoms with Gasteiger partial charge in [0.05, 0.1) is 0 Å². The lowest BCUT2D eigenvalue weighted by Gasteiger charge is -2.22. The first-order valence-corrected chi connectivity index (χ1v) is 9.00. The topological polar surface area (TPSA) is 75.4 Å². The van der Waals surface area contributed by atoms with Gasteiger partial charge in [0.2, 0.25) is 0 Å². The Morgan fingerprint density at radius 3 is 2.38 bits per heavy atom. The summed E-state index contributed by atoms with van der Waals surface area (Å²) in [4.78, 5) is 27.0. The fraction of sp³-hybridized carbons (Fsp3) is 0.579. The number of amides is 2. The maximum absolute atomic E-state index is 12.7. The number of carbonyl (C=O) groups excluding carboxylic acids is 2. The maximum atomic E-state index is 12.7. The molecular formula is C19H29N3O2. The Bertz CT molecular complexity index is 563. The quantitative estimate of drug-likeness (QED) is 0.729. The number of benzene rings is 1. The molecule has 1 unspecified atom stereocenters. The molecule has 1 saturated carbocycles. The Balaban J connectivity index is 2.09. The molecule has 0 bridgehead atoms. The molecule has 1 aliphatic rings. The minimum atomic E-state index is -0.149. The predicted octanol–water partition coefficient (Wildman–Crippen LogP) is 2.42. The van der Waals surface area contributed by atoms with Crippen LogP contribution in [0.2, 0.25) is 0 Å². The van der Waals surface area contributed by atoms with E-state index in [1.54, 1.807) is 24.3 Å². The van der Waals surface area contributed by atoms with Gasteiger partial charge in [0.1, 0.15) is 0 Å². The molecule has 5 nitrogen and oxygen atoms in total. The molecule has 2 amide bonds. The summed E-state index contributed by atoms with van der Waals surface area (Å²) in [6.07, 6.45) is 4.10. The van der Waals surface area contributed by atoms with Gasteiger partial charge in [-0.25, -0.2) is 0 Å². The lowest BCUT2D eigenvalue weighted by molar-refractivity contribution is 0.0755. The summed E-state index contributed by atoms with van der Waals surface area (Å²) in [7, 11) is 0. The second-order valence-corrected chi connectivity index (χ2v) is 6.53. The van der Waals surface area contributed by atoms with Gasteiger partial charge >= 0.3 is 0 Å². The highest BCUT2D eigenvalue weighted by molar-refractivity contribution is 5.99. The summed E-state index contributed by atoms with van der Waals surface area (Å²) in [5.41, 5.74) is 6.84. The number of hydrogen-bond donors (Lipinski definition) is 2. The highest BCUT2D eigenvalue weighted by atomic mass is 16.2. The molecule has 0 saturated heterocycles. The van der Waals surface area contributed by atoms with Crippen LogP contribution in [0.1, 0.15) is 60.2 Å². The second-order valence-electron chi connectivity index (χ2n) is 6.53. The minimum absolute atomic E-state index is 0.00841. The van der Waals surface area contributed by atoms with Crippen LogP contribution >= 0.6 is 0 Å². The normalized spacial score (nSPS) is 15.0. The summed E-state index contributed by atoms with van der Waals surface area (Å²) in [6.45, 7) is 6.05. The number of nitrogens with zero attached hydrogens (tertiary/aromatic N) is 1. The summed E-state index contributed by atoms with van der Waals surface area (Å²) < 4.78 is 0. The molecule has 132 valence electrons. The van der Waals surface area contributed by atoms with E-state index in [1.165, 1.54) is 0 Å². The summed E-state index contributed by atoms with van der Waals surface area (Å²) in [6, 6.07) is 7.02. The first-order valence-electron chi connectivity index (χ1n) is 9.00. The third-order valence-corrected chi connectivity index (χ3v) is 4.41. The zero-order valence-corrected chi connectivity index (χ0v) is 14.8. The van der Waals surface area contributed by atoms with Crippen molar-refractivity contribution in [1.82, 2.24) is 10.2 Å². The third kappa shape index (κ3) is 4.81. The molecule has 1 aliphatic carbocycles. The molecule has 24 heavy (non-hydrogen) atoms. The maximum Gasteiger partial charge on any atom is 0.253 e. The number of rotatable bonds is 9. The zero-order chi connectivity index (χ0) is 17.5. The van der Waals surface area contributed by atoms with Crippen LogP contribution in [-0.4, -0.2) is 42.4 Å². The van der Waals surface area contributed by atoms with Crippen molar-refractivity contribution in [3.05, 3.63) is 35.4 Å². The average Bonchev–Trinajstić information content (AvgIpc) is 3.43. The third-order valence-electron chi connectivity index (χ3n) is 4.41. The van der Waals surface area contributed by atoms with Crippen LogP contribution in [0.4, 0.5) is 0 Å². The molecule has 0 aliphatic heterocycles. The SMILES string of the molecule is CCCN(CCC)C(=O)c1cccc(C(=O)NC(CN)C2CC2)c1. The Morgan fingerprint density at radius 1 is 1.21 bits per heavy atom. The first kappa shape index (κ1) is 18.5. The molecule has 1 atom stereocenters. The molecule has 0 radical (unpaired) electrons. The highest BCUT2D eigenvalue weighted by Gasteiger charge is 2.31. The van der Waals surface area contributed by atoms with Crippen molar-refractivity contribution in [3.8, 4) is 0 Å². The lowest BCUT2D eigenvalue weighted by atomic mass is 10.1. The van der Waals surface area contributed by atoms with Crippen molar-refractivity contribution in [2.45, 2.75) is 45.6 Å². The number of nitrogens with two attached hydrogens (primary N) is 1. The molecule has 1 fully saturated rings. The van der Waals surface area contributed by atoms with Crippen molar-refractivity contribution in [1.29, 1.82) is 0 Å². The summed E-state index contributed by atoms with van der Waals surface area (Å²) in [5.74, 6) is 0.351. The summed E-state index contributed by atoms with van der Waals surface area (Å²) in [5, 5.41) is 3.00. The Morgan fingerprint density at radius 2 is 1.83 bits per heavy atom. The second kappa shape index (κ2) is 8.83. The standard InChI is InChI=1S/C19H29N3O2/c1-3-10-22(11-4-2)19(24)16-7-5-6-15(12-16)18(23)21-17(13-20)14-8-9-14/h5-7,12,14,17H,3-4,8-11,13,20H2,1-2H3,(H,21,23). The molecule has 1 aromatic rings. The van der Waals surface area contributed by atoms with E-state index < -0.39 is 0 Å². The molecule has 3 N–H and O–H groups in total. The van der Waals surface area contributed by atoms with E-state index in [9.17, 15) is 9.59 Å². The molecular weight excluding hydrogens is 302 g/mol. The van der Waals surface area contributed by atoms with Gasteiger partial charge in [-0.2, -0.15) is 0 Å². The van der Waals surface area contributed by atoms with Gasteiger partial charge < -0.3 is 16.0 Å². The van der Waals surface area contributed by atoms with Gasteiger partial charge in [-0.05, 0) is 49.8 Å². The van der Waals surface area contributed by atoms with Gasteiger partial charge in [0.25, 0.3) is 11.8 Å². The van der Waals surface area contributed by atoms with E-state index in [0.717, 1.165) is 38.8 Å². The Hall–Kier alpha value is -1.88. The van der Waals surface area contributed by atoms with Crippen molar-refractivity contribution in [2.75, 3.05) is 19.6 Å². The highest BCUT2D eigenvalue weighted by Crippen LogP contribution is 2.32. The van der Waals surface area contributed by atoms with Gasteiger partial charge in [-0.1, -0.05) is 19.9 Å². The predicted molar refractivity (Wildman–Crippen MR) is 96.0 cm³/mol. The van der Waals surface area contributed by atoms with Crippen LogP contribution in [0.25, 0.3) is 0 Å². The fourth-order valence-electron chi connectivity index (χ4n) is 2.95. The van der Waals surface area contributed by atoms with Crippen LogP contribution in [0.5, 0.6) is 0 Å². The average molecular weight is 331 g/mol. The molecule has 2 rings (SSSR count). The fourth-order valence-corrected chi connectivity index (χ4v) is 2.95. The van der Waals surface area contributed by atoms with E-state index in [2.05, 4.69) is 19.2 Å². The molecule has 5 heteroatoms. The van der Waals surface area contributed by atoms with Crippen molar-refractivity contribution in [3.63, 3.8) is 0 Å². The largest absolute Gasteiger partial charge is 0.348 e. The van der Waals surface area contributed by atoms with E-state index in [0.29, 0.717) is 23.6 Å². The van der Waals surface area contributed by atoms with E-state index >= 15 is 0 Å². The van der Waals surface area contributed by atoms with Crippen LogP contribution in [-0.2, 0) is 0 Å². The van der Waals surface area contributed by atoms with Crippen LogP contribution in [0.15, 0.2) is 24.3 Å². The van der Waals surface area contributed by atoms with Gasteiger partial charge in [-0.15, -0.1) is 0 Å². The minimum Gasteiger partial charge on any atom is -0.348 e. The van der Waals surface area contributed by atoms with Crippen LogP contribution in [0.3, 0.4) is 0 Å². The zero-order valence-electron chi connectivity index (χ0n) is 14.8. The van der Waals surface area contributed by atoms with Crippen molar-refractivity contribution >= 4 is 11.8 Å². The molecule has 1 aromatic carbocycles. The van der Waals surface area contributed by atoms with Crippen molar-refractivity contribution < 1.29 is 9.59 Å². The van der Waals surface area contributed by atoms with E-state index in [-0.39, 0.29) is 17.9 Å². The molecule has 0 spiro atoms. The molecule has 0 aromatic heterocycles. The van der Waals surface area contributed by atoms with Gasteiger partial charge in [0, 0.05) is 36.8 Å². The number of nitrogens with one attached hydrogen (secondary N) is 1. The van der Waals surface area contributed by atoms with Crippen molar-refractivity contribution in [2.24, 2.45) is 11.7 Å². The lowest BCUT2D eigenvalue weighted by Crippen LogP contribution is -2.41. The van der Waals surface area contributed by atoms with Gasteiger partial charge in [0.15, 0.2) is 0 Å². The smallest absolute Gasteiger partial charge is 0.253 e. The summed E-state index contributed by atoms with van der Waals surface area (Å²) >= 11 is 0. The molecule has 0 heterocycles. The van der Waals surface area contributed by atoms with Gasteiger partial charge in [-0.3, -0.25) is 9.59 Å². The number of carbonyl (C=O) groups is 2. The van der Waals surface area contributed by atoms with Crippen LogP contribution < -0.4 is 11.1 Å². The number of hydrogen-bond acceptors (Lipinski definition) is 3. The first-order chi connectivity index (χ1) is 11.6. The van der Waals surface area contributed by atoms with E-state index in [1.807, 2.05) is 4.90 Å². The van der Waals surface area contributed by atoms with E-state index in [4.69, 9.17) is 5.73 Å². The van der Waals surface area contributed by atoms with Crippen LogP contribution in [0, 0.1) is 5.92 Å².